The lowest BCUT2D eigenvalue weighted by atomic mass is 10.0. The topological polar surface area (TPSA) is 88.3 Å². The maximum Gasteiger partial charge on any atom is 0.269 e. The van der Waals surface area contributed by atoms with E-state index in [2.05, 4.69) is 15.9 Å². The Balaban J connectivity index is 0.00000289. The van der Waals surface area contributed by atoms with Crippen molar-refractivity contribution in [3.8, 4) is 11.5 Å². The number of methoxy groups -OCH3 is 2. The number of piperidine rings is 1. The van der Waals surface area contributed by atoms with Crippen molar-refractivity contribution in [2.24, 2.45) is 0 Å². The van der Waals surface area contributed by atoms with Crippen molar-refractivity contribution in [3.05, 3.63) is 63.7 Å². The zero-order chi connectivity index (χ0) is 22.9. The lowest BCUT2D eigenvalue weighted by Crippen LogP contribution is -2.49. The number of non-ortho nitro benzene ring substituents is 1. The molecule has 2 aromatic carbocycles. The van der Waals surface area contributed by atoms with Crippen LogP contribution in [0.5, 0.6) is 11.5 Å². The lowest BCUT2D eigenvalue weighted by molar-refractivity contribution is -0.384. The molecule has 0 saturated carbocycles. The van der Waals surface area contributed by atoms with E-state index in [4.69, 9.17) is 9.47 Å². The molecular formula is C24H35Cl2N3O5. The number of hydrogen-bond donors (Lipinski definition) is 1. The highest BCUT2D eigenvalue weighted by Gasteiger charge is 2.25. The van der Waals surface area contributed by atoms with Crippen LogP contribution in [0.1, 0.15) is 24.0 Å². The van der Waals surface area contributed by atoms with Crippen LogP contribution in [0.3, 0.4) is 0 Å². The van der Waals surface area contributed by atoms with Crippen LogP contribution in [-0.2, 0) is 13.0 Å². The first-order valence-electron chi connectivity index (χ1n) is 11.1. The average molecular weight is 516 g/mol. The van der Waals surface area contributed by atoms with E-state index >= 15 is 0 Å². The minimum Gasteiger partial charge on any atom is -0.493 e. The van der Waals surface area contributed by atoms with Crippen LogP contribution in [0, 0.1) is 10.1 Å². The van der Waals surface area contributed by atoms with Gasteiger partial charge in [-0.25, -0.2) is 0 Å². The summed E-state index contributed by atoms with van der Waals surface area (Å²) in [6.45, 7) is 4.33. The second-order valence-corrected chi connectivity index (χ2v) is 8.15. The molecule has 1 aliphatic rings. The smallest absolute Gasteiger partial charge is 0.269 e. The van der Waals surface area contributed by atoms with Gasteiger partial charge in [-0.15, -0.1) is 24.8 Å². The van der Waals surface area contributed by atoms with E-state index < -0.39 is 0 Å². The standard InChI is InChI=1S/C24H33N3O5.2ClH/c1-31-23-10-7-19(16-24(23)32-2)11-13-26(14-15-28)22-4-3-12-25(18-22)17-20-5-8-21(9-6-20)27(29)30;;/h5-10,16,22,28H,3-4,11-15,17-18H2,1-2H3;2*1H. The van der Waals surface area contributed by atoms with Crippen LogP contribution in [-0.4, -0.2) is 72.9 Å². The minimum atomic E-state index is -0.369. The van der Waals surface area contributed by atoms with Gasteiger partial charge in [0.05, 0.1) is 25.7 Å². The van der Waals surface area contributed by atoms with Crippen molar-refractivity contribution in [1.29, 1.82) is 0 Å². The Labute approximate surface area is 213 Å². The zero-order valence-electron chi connectivity index (χ0n) is 19.7. The molecule has 1 N–H and O–H groups in total. The number of halogens is 2. The van der Waals surface area contributed by atoms with Gasteiger partial charge in [0.1, 0.15) is 0 Å². The first kappa shape index (κ1) is 29.9. The molecule has 0 amide bonds. The number of rotatable bonds is 11. The molecule has 34 heavy (non-hydrogen) atoms. The SMILES string of the molecule is COc1ccc(CCN(CCO)C2CCCN(Cc3ccc([N+](=O)[O-])cc3)C2)cc1OC.Cl.Cl. The molecule has 0 spiro atoms. The molecule has 8 nitrogen and oxygen atoms in total. The Morgan fingerprint density at radius 1 is 1.06 bits per heavy atom. The summed E-state index contributed by atoms with van der Waals surface area (Å²) in [7, 11) is 3.27. The highest BCUT2D eigenvalue weighted by Crippen LogP contribution is 2.28. The Bertz CT molecular complexity index is 885. The summed E-state index contributed by atoms with van der Waals surface area (Å²) in [5, 5.41) is 20.5. The molecule has 1 fully saturated rings. The van der Waals surface area contributed by atoms with Crippen LogP contribution in [0.25, 0.3) is 0 Å². The molecule has 0 radical (unpaired) electrons. The van der Waals surface area contributed by atoms with Crippen molar-refractivity contribution >= 4 is 30.5 Å². The van der Waals surface area contributed by atoms with Crippen molar-refractivity contribution in [1.82, 2.24) is 9.80 Å². The first-order valence-corrected chi connectivity index (χ1v) is 11.1. The van der Waals surface area contributed by atoms with Crippen LogP contribution in [0.4, 0.5) is 5.69 Å². The number of nitro groups is 1. The third kappa shape index (κ3) is 8.29. The molecule has 1 saturated heterocycles. The van der Waals surface area contributed by atoms with Crippen LogP contribution in [0.2, 0.25) is 0 Å². The van der Waals surface area contributed by atoms with Gasteiger partial charge in [0.25, 0.3) is 5.69 Å². The number of benzene rings is 2. The Hall–Kier alpha value is -2.10. The number of hydrogen-bond acceptors (Lipinski definition) is 7. The fourth-order valence-electron chi connectivity index (χ4n) is 4.37. The second kappa shape index (κ2) is 15.0. The fraction of sp³-hybridized carbons (Fsp3) is 0.500. The predicted octanol–water partition coefficient (Wildman–Crippen LogP) is 3.96. The molecule has 1 heterocycles. The van der Waals surface area contributed by atoms with E-state index in [9.17, 15) is 15.2 Å². The summed E-state index contributed by atoms with van der Waals surface area (Å²) < 4.78 is 10.7. The van der Waals surface area contributed by atoms with Gasteiger partial charge in [-0.3, -0.25) is 19.9 Å². The molecule has 190 valence electrons. The summed E-state index contributed by atoms with van der Waals surface area (Å²) in [5.41, 5.74) is 2.37. The summed E-state index contributed by atoms with van der Waals surface area (Å²) in [6, 6.07) is 13.2. The summed E-state index contributed by atoms with van der Waals surface area (Å²) in [6.07, 6.45) is 3.05. The highest BCUT2D eigenvalue weighted by atomic mass is 35.5. The molecule has 1 aliphatic heterocycles. The van der Waals surface area contributed by atoms with E-state index in [-0.39, 0.29) is 42.0 Å². The number of ether oxygens (including phenoxy) is 2. The molecule has 0 aromatic heterocycles. The average Bonchev–Trinajstić information content (AvgIpc) is 2.82. The third-order valence-electron chi connectivity index (χ3n) is 6.07. The van der Waals surface area contributed by atoms with E-state index in [1.165, 1.54) is 5.56 Å². The summed E-state index contributed by atoms with van der Waals surface area (Å²) in [5.74, 6) is 1.45. The van der Waals surface area contributed by atoms with Gasteiger partial charge in [0.2, 0.25) is 0 Å². The fourth-order valence-corrected chi connectivity index (χ4v) is 4.37. The molecule has 1 unspecified atom stereocenters. The second-order valence-electron chi connectivity index (χ2n) is 8.15. The van der Waals surface area contributed by atoms with E-state index in [1.807, 2.05) is 24.3 Å². The number of aliphatic hydroxyl groups excluding tert-OH is 1. The molecule has 0 aliphatic carbocycles. The maximum absolute atomic E-state index is 10.9. The van der Waals surface area contributed by atoms with E-state index in [1.54, 1.807) is 26.4 Å². The van der Waals surface area contributed by atoms with Crippen LogP contribution < -0.4 is 9.47 Å². The van der Waals surface area contributed by atoms with Gasteiger partial charge < -0.3 is 14.6 Å². The van der Waals surface area contributed by atoms with Crippen molar-refractivity contribution < 1.29 is 19.5 Å². The van der Waals surface area contributed by atoms with Gasteiger partial charge >= 0.3 is 0 Å². The molecule has 2 aromatic rings. The number of nitro benzene ring substituents is 1. The molecular weight excluding hydrogens is 481 g/mol. The van der Waals surface area contributed by atoms with Crippen LogP contribution >= 0.6 is 24.8 Å². The van der Waals surface area contributed by atoms with Crippen molar-refractivity contribution in [2.75, 3.05) is 47.0 Å². The van der Waals surface area contributed by atoms with Gasteiger partial charge in [-0.2, -0.15) is 0 Å². The number of nitrogens with zero attached hydrogens (tertiary/aromatic N) is 3. The first-order chi connectivity index (χ1) is 15.5. The van der Waals surface area contributed by atoms with E-state index in [0.717, 1.165) is 62.5 Å². The Morgan fingerprint density at radius 2 is 1.74 bits per heavy atom. The molecule has 10 heteroatoms. The van der Waals surface area contributed by atoms with Crippen LogP contribution in [0.15, 0.2) is 42.5 Å². The predicted molar refractivity (Wildman–Crippen MR) is 138 cm³/mol. The molecule has 3 rings (SSSR count). The third-order valence-corrected chi connectivity index (χ3v) is 6.07. The summed E-state index contributed by atoms with van der Waals surface area (Å²) >= 11 is 0. The number of likely N-dealkylation sites (tertiary alicyclic amines) is 1. The molecule has 0 bridgehead atoms. The Morgan fingerprint density at radius 3 is 2.35 bits per heavy atom. The zero-order valence-corrected chi connectivity index (χ0v) is 21.4. The minimum absolute atomic E-state index is 0. The maximum atomic E-state index is 10.9. The quantitative estimate of drug-likeness (QED) is 0.357. The highest BCUT2D eigenvalue weighted by molar-refractivity contribution is 5.85. The van der Waals surface area contributed by atoms with Gasteiger partial charge in [-0.05, 0) is 49.1 Å². The number of aliphatic hydroxyl groups is 1. The molecule has 1 atom stereocenters. The van der Waals surface area contributed by atoms with Gasteiger partial charge in [0, 0.05) is 44.4 Å². The van der Waals surface area contributed by atoms with Crippen molar-refractivity contribution in [3.63, 3.8) is 0 Å². The monoisotopic (exact) mass is 515 g/mol. The summed E-state index contributed by atoms with van der Waals surface area (Å²) in [4.78, 5) is 15.3. The van der Waals surface area contributed by atoms with Gasteiger partial charge in [0.15, 0.2) is 11.5 Å². The lowest BCUT2D eigenvalue weighted by Gasteiger charge is -2.39. The van der Waals surface area contributed by atoms with Gasteiger partial charge in [-0.1, -0.05) is 18.2 Å². The van der Waals surface area contributed by atoms with E-state index in [0.29, 0.717) is 12.6 Å². The Kier molecular flexibility index (Phi) is 13.2. The largest absolute Gasteiger partial charge is 0.493 e. The van der Waals surface area contributed by atoms with Crippen molar-refractivity contribution in [2.45, 2.75) is 31.8 Å². The normalized spacial score (nSPS) is 15.8.